The van der Waals surface area contributed by atoms with E-state index in [9.17, 15) is 19.5 Å². The minimum atomic E-state index is -1.00. The molecule has 9 atom stereocenters. The SMILES string of the molecule is C[C@]12CC[C@H](OC(=O)CBr)C[C@@H]1CC[C@@H]1[C@@H]2CC[C@]2(C)[C@H](C3=CC(=O)OC3)[C@@H](OC(=O)CBr)C[C@]12O. The number of aliphatic hydroxyl groups is 1. The first kappa shape index (κ1) is 26.7. The van der Waals surface area contributed by atoms with Crippen molar-refractivity contribution < 1.29 is 33.7 Å². The maximum absolute atomic E-state index is 12.6. The molecule has 200 valence electrons. The Balaban J connectivity index is 1.43. The molecule has 0 saturated heterocycles. The van der Waals surface area contributed by atoms with Gasteiger partial charge in [-0.3, -0.25) is 9.59 Å². The Labute approximate surface area is 229 Å². The summed E-state index contributed by atoms with van der Waals surface area (Å²) in [6, 6.07) is 0. The van der Waals surface area contributed by atoms with Crippen molar-refractivity contribution in [2.75, 3.05) is 17.3 Å². The summed E-state index contributed by atoms with van der Waals surface area (Å²) < 4.78 is 16.8. The van der Waals surface area contributed by atoms with Gasteiger partial charge in [0, 0.05) is 23.8 Å². The van der Waals surface area contributed by atoms with E-state index in [0.29, 0.717) is 18.3 Å². The van der Waals surface area contributed by atoms with Crippen LogP contribution in [0.3, 0.4) is 0 Å². The summed E-state index contributed by atoms with van der Waals surface area (Å²) in [6.07, 6.45) is 7.78. The lowest BCUT2D eigenvalue weighted by Crippen LogP contribution is -2.62. The first-order valence-corrected chi connectivity index (χ1v) is 15.4. The van der Waals surface area contributed by atoms with Gasteiger partial charge in [-0.05, 0) is 73.7 Å². The third kappa shape index (κ3) is 4.10. The average molecular weight is 632 g/mol. The highest BCUT2D eigenvalue weighted by Gasteiger charge is 2.71. The summed E-state index contributed by atoms with van der Waals surface area (Å²) >= 11 is 6.39. The molecular formula is C27H36Br2O7. The molecule has 0 spiro atoms. The van der Waals surface area contributed by atoms with Crippen molar-refractivity contribution in [1.29, 1.82) is 0 Å². The van der Waals surface area contributed by atoms with E-state index < -0.39 is 17.1 Å². The number of fused-ring (bicyclic) bond motifs is 5. The number of carbonyl (C=O) groups excluding carboxylic acids is 3. The van der Waals surface area contributed by atoms with Crippen molar-refractivity contribution >= 4 is 49.8 Å². The molecule has 4 aliphatic carbocycles. The highest BCUT2D eigenvalue weighted by Crippen LogP contribution is 2.70. The Bertz CT molecular complexity index is 968. The van der Waals surface area contributed by atoms with Gasteiger partial charge in [0.2, 0.25) is 0 Å². The Kier molecular flexibility index (Phi) is 7.16. The van der Waals surface area contributed by atoms with Gasteiger partial charge in [-0.2, -0.15) is 0 Å². The average Bonchev–Trinajstić information content (AvgIpc) is 3.36. The number of halogens is 2. The molecule has 5 rings (SSSR count). The molecule has 4 fully saturated rings. The zero-order valence-electron chi connectivity index (χ0n) is 21.0. The molecule has 1 N–H and O–H groups in total. The smallest absolute Gasteiger partial charge is 0.331 e. The van der Waals surface area contributed by atoms with Gasteiger partial charge in [0.05, 0.1) is 5.60 Å². The molecule has 0 amide bonds. The van der Waals surface area contributed by atoms with E-state index >= 15 is 0 Å². The molecule has 9 heteroatoms. The summed E-state index contributed by atoms with van der Waals surface area (Å²) in [6.45, 7) is 4.70. The summed E-state index contributed by atoms with van der Waals surface area (Å²) in [4.78, 5) is 36.2. The van der Waals surface area contributed by atoms with Crippen molar-refractivity contribution in [3.05, 3.63) is 11.6 Å². The van der Waals surface area contributed by atoms with E-state index in [0.717, 1.165) is 50.5 Å². The largest absolute Gasteiger partial charge is 0.462 e. The van der Waals surface area contributed by atoms with Crippen LogP contribution in [0.1, 0.15) is 65.2 Å². The second-order valence-electron chi connectivity index (χ2n) is 12.1. The Morgan fingerprint density at radius 1 is 1.06 bits per heavy atom. The van der Waals surface area contributed by atoms with Crippen LogP contribution in [-0.4, -0.2) is 58.1 Å². The lowest BCUT2D eigenvalue weighted by atomic mass is 9.43. The van der Waals surface area contributed by atoms with E-state index in [1.807, 2.05) is 0 Å². The number of cyclic esters (lactones) is 1. The Hall–Kier alpha value is -0.930. The minimum absolute atomic E-state index is 0.0302. The van der Waals surface area contributed by atoms with Gasteiger partial charge in [0.15, 0.2) is 0 Å². The molecule has 1 aliphatic heterocycles. The van der Waals surface area contributed by atoms with Gasteiger partial charge < -0.3 is 19.3 Å². The molecule has 4 saturated carbocycles. The van der Waals surface area contributed by atoms with Crippen LogP contribution in [0.15, 0.2) is 11.6 Å². The predicted molar refractivity (Wildman–Crippen MR) is 138 cm³/mol. The molecular weight excluding hydrogens is 596 g/mol. The van der Waals surface area contributed by atoms with Crippen LogP contribution in [-0.2, 0) is 28.6 Å². The molecule has 0 radical (unpaired) electrons. The van der Waals surface area contributed by atoms with E-state index in [2.05, 4.69) is 45.7 Å². The fourth-order valence-corrected chi connectivity index (χ4v) is 9.32. The number of hydrogen-bond donors (Lipinski definition) is 1. The first-order valence-electron chi connectivity index (χ1n) is 13.2. The van der Waals surface area contributed by atoms with Crippen molar-refractivity contribution in [1.82, 2.24) is 0 Å². The van der Waals surface area contributed by atoms with Crippen LogP contribution >= 0.6 is 31.9 Å². The fourth-order valence-electron chi connectivity index (χ4n) is 9.05. The topological polar surface area (TPSA) is 99.1 Å². The molecule has 0 bridgehead atoms. The monoisotopic (exact) mass is 630 g/mol. The van der Waals surface area contributed by atoms with Crippen molar-refractivity contribution in [3.8, 4) is 0 Å². The van der Waals surface area contributed by atoms with Gasteiger partial charge in [0.1, 0.15) is 29.5 Å². The van der Waals surface area contributed by atoms with Gasteiger partial charge in [-0.1, -0.05) is 45.7 Å². The Morgan fingerprint density at radius 3 is 2.44 bits per heavy atom. The molecule has 0 aromatic carbocycles. The van der Waals surface area contributed by atoms with Crippen molar-refractivity contribution in [2.24, 2.45) is 34.5 Å². The highest BCUT2D eigenvalue weighted by atomic mass is 79.9. The van der Waals surface area contributed by atoms with Crippen LogP contribution in [0.4, 0.5) is 0 Å². The zero-order chi connectivity index (χ0) is 25.9. The van der Waals surface area contributed by atoms with E-state index in [4.69, 9.17) is 14.2 Å². The summed E-state index contributed by atoms with van der Waals surface area (Å²) in [5, 5.41) is 12.9. The van der Waals surface area contributed by atoms with Gasteiger partial charge in [0.25, 0.3) is 0 Å². The number of rotatable bonds is 5. The van der Waals surface area contributed by atoms with Crippen LogP contribution in [0.25, 0.3) is 0 Å². The minimum Gasteiger partial charge on any atom is -0.462 e. The summed E-state index contributed by atoms with van der Waals surface area (Å²) in [5.74, 6) is -0.278. The fraction of sp³-hybridized carbons (Fsp3) is 0.815. The Morgan fingerprint density at radius 2 is 1.78 bits per heavy atom. The van der Waals surface area contributed by atoms with E-state index in [1.165, 1.54) is 6.08 Å². The molecule has 36 heavy (non-hydrogen) atoms. The molecule has 0 unspecified atom stereocenters. The quantitative estimate of drug-likeness (QED) is 0.272. The van der Waals surface area contributed by atoms with Gasteiger partial charge in [-0.15, -0.1) is 0 Å². The van der Waals surface area contributed by atoms with Crippen molar-refractivity contribution in [3.63, 3.8) is 0 Å². The van der Waals surface area contributed by atoms with Crippen LogP contribution in [0.5, 0.6) is 0 Å². The zero-order valence-corrected chi connectivity index (χ0v) is 24.1. The molecule has 1 heterocycles. The maximum Gasteiger partial charge on any atom is 0.331 e. The number of alkyl halides is 2. The second kappa shape index (κ2) is 9.67. The van der Waals surface area contributed by atoms with Crippen molar-refractivity contribution in [2.45, 2.75) is 83.0 Å². The number of carbonyl (C=O) groups is 3. The van der Waals surface area contributed by atoms with E-state index in [1.54, 1.807) is 0 Å². The number of ether oxygens (including phenoxy) is 3. The molecule has 0 aromatic rings. The molecule has 7 nitrogen and oxygen atoms in total. The van der Waals surface area contributed by atoms with Crippen LogP contribution in [0.2, 0.25) is 0 Å². The first-order chi connectivity index (χ1) is 17.1. The highest BCUT2D eigenvalue weighted by molar-refractivity contribution is 9.09. The number of hydrogen-bond acceptors (Lipinski definition) is 7. The maximum atomic E-state index is 12.6. The predicted octanol–water partition coefficient (Wildman–Crippen LogP) is 4.47. The molecule has 0 aromatic heterocycles. The lowest BCUT2D eigenvalue weighted by Gasteiger charge is -2.63. The second-order valence-corrected chi connectivity index (χ2v) is 13.2. The third-order valence-corrected chi connectivity index (χ3v) is 11.6. The standard InChI is InChI=1S/C27H36Br2O7/c1-25-7-5-17(35-22(31)12-28)10-16(25)3-4-19-18(25)6-8-26(2)24(15-9-21(30)34-14-15)20(11-27(19,26)33)36-23(32)13-29/h9,16-20,24,33H,3-8,10-14H2,1-2H3/t16-,17-,18-,19+,20-,24+,25-,26+,27-/m0/s1. The lowest BCUT2D eigenvalue weighted by molar-refractivity contribution is -0.209. The van der Waals surface area contributed by atoms with Gasteiger partial charge in [-0.25, -0.2) is 4.79 Å². The van der Waals surface area contributed by atoms with E-state index in [-0.39, 0.29) is 58.5 Å². The van der Waals surface area contributed by atoms with Crippen LogP contribution < -0.4 is 0 Å². The number of esters is 3. The van der Waals surface area contributed by atoms with Gasteiger partial charge >= 0.3 is 17.9 Å². The molecule has 5 aliphatic rings. The third-order valence-electron chi connectivity index (χ3n) is 10.7. The summed E-state index contributed by atoms with van der Waals surface area (Å²) in [5.41, 5.74) is -0.615. The van der Waals surface area contributed by atoms with Crippen LogP contribution in [0, 0.1) is 34.5 Å². The normalized spacial score (nSPS) is 45.6. The summed E-state index contributed by atoms with van der Waals surface area (Å²) in [7, 11) is 0.